The molecule has 1 saturated heterocycles. The molecular formula is C22H27FN6. The van der Waals surface area contributed by atoms with Crippen molar-refractivity contribution in [3.8, 4) is 5.82 Å². The molecule has 0 amide bonds. The van der Waals surface area contributed by atoms with Gasteiger partial charge in [-0.05, 0) is 61.6 Å². The van der Waals surface area contributed by atoms with Crippen molar-refractivity contribution in [2.75, 3.05) is 18.4 Å². The van der Waals surface area contributed by atoms with Gasteiger partial charge < -0.3 is 15.6 Å². The maximum absolute atomic E-state index is 14.5. The summed E-state index contributed by atoms with van der Waals surface area (Å²) in [5.74, 6) is 0.143. The Bertz CT molecular complexity index is 1010. The molecule has 1 atom stereocenters. The fourth-order valence-corrected chi connectivity index (χ4v) is 3.91. The maximum Gasteiger partial charge on any atom is 0.229 e. The standard InChI is InChI=1S/C22H27FN6/c1-14-6-15(2)8-19(7-14)26-22-25-9-20(23)21(27-22)29-10-16(3)17(12-29)11-28-5-4-18(24)13-28/h6-10,12,18H,4-5,11,13,24H2,1-3H3,(H,25,26,27). The summed E-state index contributed by atoms with van der Waals surface area (Å²) in [6.07, 6.45) is 6.10. The summed E-state index contributed by atoms with van der Waals surface area (Å²) in [4.78, 5) is 10.9. The summed E-state index contributed by atoms with van der Waals surface area (Å²) in [5, 5.41) is 3.18. The van der Waals surface area contributed by atoms with E-state index in [1.807, 2.05) is 45.3 Å². The minimum absolute atomic E-state index is 0.236. The number of hydrogen-bond acceptors (Lipinski definition) is 5. The van der Waals surface area contributed by atoms with E-state index in [-0.39, 0.29) is 11.9 Å². The first-order valence-corrected chi connectivity index (χ1v) is 9.91. The van der Waals surface area contributed by atoms with E-state index in [1.54, 1.807) is 4.57 Å². The lowest BCUT2D eigenvalue weighted by molar-refractivity contribution is 0.326. The quantitative estimate of drug-likeness (QED) is 0.692. The Labute approximate surface area is 170 Å². The van der Waals surface area contributed by atoms with E-state index in [9.17, 15) is 4.39 Å². The summed E-state index contributed by atoms with van der Waals surface area (Å²) in [6.45, 7) is 8.82. The average molecular weight is 394 g/mol. The van der Waals surface area contributed by atoms with E-state index < -0.39 is 5.82 Å². The fraction of sp³-hybridized carbons (Fsp3) is 0.364. The smallest absolute Gasteiger partial charge is 0.229 e. The summed E-state index contributed by atoms with van der Waals surface area (Å²) in [5.41, 5.74) is 11.4. The normalized spacial score (nSPS) is 17.1. The third kappa shape index (κ3) is 4.46. The van der Waals surface area contributed by atoms with Crippen LogP contribution in [0.5, 0.6) is 0 Å². The largest absolute Gasteiger partial charge is 0.326 e. The fourth-order valence-electron chi connectivity index (χ4n) is 3.91. The topological polar surface area (TPSA) is 72.0 Å². The van der Waals surface area contributed by atoms with E-state index in [1.165, 1.54) is 6.20 Å². The summed E-state index contributed by atoms with van der Waals surface area (Å²) < 4.78 is 16.3. The highest BCUT2D eigenvalue weighted by Gasteiger charge is 2.20. The molecule has 1 aliphatic rings. The first-order chi connectivity index (χ1) is 13.9. The van der Waals surface area contributed by atoms with Crippen LogP contribution >= 0.6 is 0 Å². The minimum Gasteiger partial charge on any atom is -0.326 e. The number of nitrogens with two attached hydrogens (primary N) is 1. The molecular weight excluding hydrogens is 367 g/mol. The number of hydrogen-bond donors (Lipinski definition) is 2. The molecule has 3 N–H and O–H groups in total. The molecule has 0 radical (unpaired) electrons. The second-order valence-corrected chi connectivity index (χ2v) is 8.02. The Morgan fingerprint density at radius 2 is 1.93 bits per heavy atom. The van der Waals surface area contributed by atoms with Gasteiger partial charge in [0.05, 0.1) is 6.20 Å². The van der Waals surface area contributed by atoms with Crippen LogP contribution in [0.1, 0.15) is 28.7 Å². The number of aromatic nitrogens is 3. The lowest BCUT2D eigenvalue weighted by Crippen LogP contribution is -2.26. The highest BCUT2D eigenvalue weighted by atomic mass is 19.1. The zero-order valence-electron chi connectivity index (χ0n) is 17.1. The van der Waals surface area contributed by atoms with Crippen LogP contribution in [0.2, 0.25) is 0 Å². The second-order valence-electron chi connectivity index (χ2n) is 8.02. The second kappa shape index (κ2) is 7.93. The molecule has 4 rings (SSSR count). The molecule has 1 aromatic carbocycles. The van der Waals surface area contributed by atoms with Crippen molar-refractivity contribution in [1.82, 2.24) is 19.4 Å². The van der Waals surface area contributed by atoms with Gasteiger partial charge in [0.2, 0.25) is 5.95 Å². The van der Waals surface area contributed by atoms with Crippen molar-refractivity contribution in [3.05, 3.63) is 64.9 Å². The van der Waals surface area contributed by atoms with Crippen LogP contribution in [0.25, 0.3) is 5.82 Å². The molecule has 3 heterocycles. The number of rotatable bonds is 5. The van der Waals surface area contributed by atoms with Crippen LogP contribution in [-0.2, 0) is 6.54 Å². The Hall–Kier alpha value is -2.77. The molecule has 2 aromatic heterocycles. The van der Waals surface area contributed by atoms with Crippen molar-refractivity contribution in [2.24, 2.45) is 5.73 Å². The molecule has 3 aromatic rings. The highest BCUT2D eigenvalue weighted by molar-refractivity contribution is 5.56. The summed E-state index contributed by atoms with van der Waals surface area (Å²) in [6, 6.07) is 6.37. The van der Waals surface area contributed by atoms with Gasteiger partial charge in [-0.3, -0.25) is 4.90 Å². The van der Waals surface area contributed by atoms with Crippen molar-refractivity contribution >= 4 is 11.6 Å². The van der Waals surface area contributed by atoms with E-state index in [0.717, 1.165) is 54.0 Å². The van der Waals surface area contributed by atoms with Crippen LogP contribution in [0.4, 0.5) is 16.0 Å². The third-order valence-electron chi connectivity index (χ3n) is 5.28. The minimum atomic E-state index is -0.458. The first-order valence-electron chi connectivity index (χ1n) is 9.91. The zero-order chi connectivity index (χ0) is 20.5. The Morgan fingerprint density at radius 1 is 1.17 bits per heavy atom. The molecule has 29 heavy (non-hydrogen) atoms. The van der Waals surface area contributed by atoms with Gasteiger partial charge in [-0.1, -0.05) is 6.07 Å². The number of benzene rings is 1. The van der Waals surface area contributed by atoms with Crippen LogP contribution in [0.15, 0.2) is 36.8 Å². The molecule has 152 valence electrons. The van der Waals surface area contributed by atoms with Crippen molar-refractivity contribution < 1.29 is 4.39 Å². The summed E-state index contributed by atoms with van der Waals surface area (Å²) >= 11 is 0. The van der Waals surface area contributed by atoms with Crippen LogP contribution in [0.3, 0.4) is 0 Å². The van der Waals surface area contributed by atoms with Crippen LogP contribution in [-0.4, -0.2) is 38.6 Å². The number of anilines is 2. The predicted molar refractivity (Wildman–Crippen MR) is 113 cm³/mol. The molecule has 0 spiro atoms. The van der Waals surface area contributed by atoms with Gasteiger partial charge in [-0.2, -0.15) is 4.98 Å². The lowest BCUT2D eigenvalue weighted by Gasteiger charge is -2.14. The molecule has 0 aliphatic carbocycles. The van der Waals surface area contributed by atoms with Gasteiger partial charge in [0, 0.05) is 43.8 Å². The Kier molecular flexibility index (Phi) is 5.34. The van der Waals surface area contributed by atoms with Gasteiger partial charge in [0.25, 0.3) is 0 Å². The molecule has 0 saturated carbocycles. The molecule has 1 unspecified atom stereocenters. The number of aryl methyl sites for hydroxylation is 3. The highest BCUT2D eigenvalue weighted by Crippen LogP contribution is 2.22. The van der Waals surface area contributed by atoms with Gasteiger partial charge in [-0.25, -0.2) is 9.37 Å². The molecule has 0 bridgehead atoms. The van der Waals surface area contributed by atoms with Crippen molar-refractivity contribution in [2.45, 2.75) is 39.8 Å². The van der Waals surface area contributed by atoms with E-state index in [2.05, 4.69) is 26.3 Å². The Balaban J connectivity index is 1.58. The van der Waals surface area contributed by atoms with E-state index in [4.69, 9.17) is 5.73 Å². The molecule has 6 nitrogen and oxygen atoms in total. The SMILES string of the molecule is Cc1cc(C)cc(Nc2ncc(F)c(-n3cc(C)c(CN4CCC(N)C4)c3)n2)c1. The van der Waals surface area contributed by atoms with Gasteiger partial charge in [0.1, 0.15) is 0 Å². The molecule has 7 heteroatoms. The van der Waals surface area contributed by atoms with Gasteiger partial charge in [0.15, 0.2) is 11.6 Å². The van der Waals surface area contributed by atoms with Crippen molar-refractivity contribution in [3.63, 3.8) is 0 Å². The Morgan fingerprint density at radius 3 is 2.62 bits per heavy atom. The van der Waals surface area contributed by atoms with Crippen LogP contribution in [0, 0.1) is 26.6 Å². The number of halogens is 1. The third-order valence-corrected chi connectivity index (χ3v) is 5.28. The average Bonchev–Trinajstić information content (AvgIpc) is 3.22. The first kappa shape index (κ1) is 19.5. The number of nitrogens with one attached hydrogen (secondary N) is 1. The molecule has 1 fully saturated rings. The number of likely N-dealkylation sites (tertiary alicyclic amines) is 1. The van der Waals surface area contributed by atoms with E-state index in [0.29, 0.717) is 5.95 Å². The lowest BCUT2D eigenvalue weighted by atomic mass is 10.1. The maximum atomic E-state index is 14.5. The van der Waals surface area contributed by atoms with Crippen molar-refractivity contribution in [1.29, 1.82) is 0 Å². The monoisotopic (exact) mass is 394 g/mol. The van der Waals surface area contributed by atoms with Gasteiger partial charge in [-0.15, -0.1) is 0 Å². The van der Waals surface area contributed by atoms with Crippen LogP contribution < -0.4 is 11.1 Å². The van der Waals surface area contributed by atoms with E-state index >= 15 is 0 Å². The predicted octanol–water partition coefficient (Wildman–Crippen LogP) is 3.61. The number of nitrogens with zero attached hydrogens (tertiary/aromatic N) is 4. The summed E-state index contributed by atoms with van der Waals surface area (Å²) in [7, 11) is 0. The molecule has 1 aliphatic heterocycles. The zero-order valence-corrected chi connectivity index (χ0v) is 17.1. The van der Waals surface area contributed by atoms with Gasteiger partial charge >= 0.3 is 0 Å².